The summed E-state index contributed by atoms with van der Waals surface area (Å²) in [5.41, 5.74) is 0. The van der Waals surface area contributed by atoms with E-state index in [2.05, 4.69) is 31.3 Å². The Morgan fingerprint density at radius 1 is 0.452 bits per heavy atom. The van der Waals surface area contributed by atoms with Crippen molar-refractivity contribution < 1.29 is 39.8 Å². The molecule has 1 heterocycles. The van der Waals surface area contributed by atoms with E-state index in [1.165, 1.54) is 263 Å². The molecule has 1 amide bonds. The van der Waals surface area contributed by atoms with Crippen molar-refractivity contribution in [3.63, 3.8) is 0 Å². The van der Waals surface area contributed by atoms with E-state index < -0.39 is 49.5 Å². The predicted molar refractivity (Wildman–Crippen MR) is 309 cm³/mol. The van der Waals surface area contributed by atoms with Crippen molar-refractivity contribution in [1.29, 1.82) is 0 Å². The van der Waals surface area contributed by atoms with Crippen LogP contribution < -0.4 is 5.32 Å². The Morgan fingerprint density at radius 2 is 0.781 bits per heavy atom. The number of amides is 1. The van der Waals surface area contributed by atoms with E-state index in [4.69, 9.17) is 9.47 Å². The molecule has 0 bridgehead atoms. The molecule has 0 radical (unpaired) electrons. The Labute approximate surface area is 451 Å². The third-order valence-corrected chi connectivity index (χ3v) is 15.5. The number of hydrogen-bond donors (Lipinski definition) is 6. The molecule has 432 valence electrons. The highest BCUT2D eigenvalue weighted by Crippen LogP contribution is 2.23. The number of aliphatic hydroxyl groups is 5. The minimum absolute atomic E-state index is 0.184. The summed E-state index contributed by atoms with van der Waals surface area (Å²) in [6.07, 6.45) is 63.4. The SMILES string of the molecule is CCCCC/C=C/CC/C=C/C(O)C(COC1OC(CO)C(O)C(O)C1O)NC(=O)CCCCCCCCCCCCCCCCCCCCCCCCCCCCCCCCCCCCCCCCCCC. The summed E-state index contributed by atoms with van der Waals surface area (Å²) in [6, 6.07) is -0.816. The summed E-state index contributed by atoms with van der Waals surface area (Å²) in [4.78, 5) is 13.0. The van der Waals surface area contributed by atoms with Crippen molar-refractivity contribution in [2.75, 3.05) is 13.2 Å². The van der Waals surface area contributed by atoms with Gasteiger partial charge in [0.15, 0.2) is 6.29 Å². The van der Waals surface area contributed by atoms with Gasteiger partial charge < -0.3 is 40.3 Å². The minimum atomic E-state index is -1.57. The molecule has 1 aliphatic heterocycles. The number of rotatable bonds is 56. The highest BCUT2D eigenvalue weighted by molar-refractivity contribution is 5.76. The largest absolute Gasteiger partial charge is 0.394 e. The van der Waals surface area contributed by atoms with Gasteiger partial charge in [-0.15, -0.1) is 0 Å². The van der Waals surface area contributed by atoms with Crippen LogP contribution in [0.3, 0.4) is 0 Å². The van der Waals surface area contributed by atoms with Crippen molar-refractivity contribution in [2.45, 2.75) is 365 Å². The van der Waals surface area contributed by atoms with Crippen molar-refractivity contribution in [2.24, 2.45) is 0 Å². The van der Waals surface area contributed by atoms with Gasteiger partial charge in [0.05, 0.1) is 25.4 Å². The molecule has 9 heteroatoms. The van der Waals surface area contributed by atoms with Crippen molar-refractivity contribution >= 4 is 5.91 Å². The summed E-state index contributed by atoms with van der Waals surface area (Å²) in [5.74, 6) is -0.184. The lowest BCUT2D eigenvalue weighted by Gasteiger charge is -2.40. The van der Waals surface area contributed by atoms with E-state index in [0.717, 1.165) is 38.5 Å². The molecule has 1 fully saturated rings. The lowest BCUT2D eigenvalue weighted by atomic mass is 9.99. The first-order chi connectivity index (χ1) is 35.8. The number of carbonyl (C=O) groups is 1. The normalized spacial score (nSPS) is 19.1. The number of unbranched alkanes of at least 4 members (excludes halogenated alkanes) is 44. The third kappa shape index (κ3) is 43.4. The van der Waals surface area contributed by atoms with E-state index in [0.29, 0.717) is 6.42 Å². The molecule has 0 saturated carbocycles. The molecule has 0 spiro atoms. The average molecular weight is 1030 g/mol. The second-order valence-electron chi connectivity index (χ2n) is 22.6. The number of hydrogen-bond acceptors (Lipinski definition) is 8. The monoisotopic (exact) mass is 1030 g/mol. The van der Waals surface area contributed by atoms with Crippen LogP contribution in [-0.4, -0.2) is 87.5 Å². The lowest BCUT2D eigenvalue weighted by molar-refractivity contribution is -0.302. The maximum absolute atomic E-state index is 13.0. The molecule has 9 nitrogen and oxygen atoms in total. The molecule has 0 aromatic rings. The van der Waals surface area contributed by atoms with E-state index in [1.54, 1.807) is 6.08 Å². The van der Waals surface area contributed by atoms with Crippen molar-refractivity contribution in [1.82, 2.24) is 5.32 Å². The maximum Gasteiger partial charge on any atom is 0.220 e. The predicted octanol–water partition coefficient (Wildman–Crippen LogP) is 16.5. The Kier molecular flexibility index (Phi) is 51.6. The molecule has 1 rings (SSSR count). The molecule has 7 atom stereocenters. The van der Waals surface area contributed by atoms with Crippen LogP contribution >= 0.6 is 0 Å². The molecule has 1 saturated heterocycles. The third-order valence-electron chi connectivity index (χ3n) is 15.5. The van der Waals surface area contributed by atoms with Crippen LogP contribution in [0.1, 0.15) is 322 Å². The highest BCUT2D eigenvalue weighted by atomic mass is 16.7. The summed E-state index contributed by atoms with van der Waals surface area (Å²) >= 11 is 0. The summed E-state index contributed by atoms with van der Waals surface area (Å²) in [6.45, 7) is 3.73. The molecule has 73 heavy (non-hydrogen) atoms. The average Bonchev–Trinajstić information content (AvgIpc) is 3.39. The van der Waals surface area contributed by atoms with Crippen LogP contribution in [0.15, 0.2) is 24.3 Å². The van der Waals surface area contributed by atoms with Crippen LogP contribution in [-0.2, 0) is 14.3 Å². The van der Waals surface area contributed by atoms with Gasteiger partial charge in [-0.1, -0.05) is 308 Å². The van der Waals surface area contributed by atoms with Gasteiger partial charge in [0.2, 0.25) is 5.91 Å². The van der Waals surface area contributed by atoms with Crippen LogP contribution in [0.4, 0.5) is 0 Å². The quantitative estimate of drug-likeness (QED) is 0.0261. The minimum Gasteiger partial charge on any atom is -0.394 e. The standard InChI is InChI=1S/C64H123NO8/c1-3-5-7-9-11-13-14-15-16-17-18-19-20-21-22-23-24-25-26-27-28-29-30-31-32-33-34-35-36-37-38-39-40-41-42-43-44-46-48-50-52-54-60(68)65-57(58(67)53-51-49-47-45-12-10-8-6-4-2)56-72-64-63(71)62(70)61(69)59(55-66)73-64/h12,45,51,53,57-59,61-64,66-67,69-71H,3-11,13-44,46-50,52,54-56H2,1-2H3,(H,65,68)/b45-12+,53-51+. The van der Waals surface area contributed by atoms with E-state index >= 15 is 0 Å². The highest BCUT2D eigenvalue weighted by Gasteiger charge is 2.44. The fraction of sp³-hybridized carbons (Fsp3) is 0.922. The molecule has 0 aliphatic carbocycles. The van der Waals surface area contributed by atoms with E-state index in [1.807, 2.05) is 6.08 Å². The molecular weight excluding hydrogens is 911 g/mol. The Morgan fingerprint density at radius 3 is 1.15 bits per heavy atom. The number of allylic oxidation sites excluding steroid dienone is 3. The Hall–Kier alpha value is -1.33. The van der Waals surface area contributed by atoms with Crippen LogP contribution in [0, 0.1) is 0 Å². The van der Waals surface area contributed by atoms with Gasteiger partial charge in [-0.2, -0.15) is 0 Å². The van der Waals surface area contributed by atoms with Crippen LogP contribution in [0.2, 0.25) is 0 Å². The molecular formula is C64H123NO8. The van der Waals surface area contributed by atoms with Gasteiger partial charge in [0.25, 0.3) is 0 Å². The van der Waals surface area contributed by atoms with Gasteiger partial charge in [-0.25, -0.2) is 0 Å². The smallest absolute Gasteiger partial charge is 0.220 e. The summed E-state index contributed by atoms with van der Waals surface area (Å²) in [7, 11) is 0. The van der Waals surface area contributed by atoms with Crippen molar-refractivity contribution in [3.8, 4) is 0 Å². The molecule has 0 aromatic carbocycles. The zero-order valence-electron chi connectivity index (χ0n) is 48.2. The summed E-state index contributed by atoms with van der Waals surface area (Å²) in [5, 5.41) is 54.2. The molecule has 7 unspecified atom stereocenters. The van der Waals surface area contributed by atoms with Gasteiger partial charge in [0.1, 0.15) is 24.4 Å². The second kappa shape index (κ2) is 54.0. The van der Waals surface area contributed by atoms with Crippen LogP contribution in [0.25, 0.3) is 0 Å². The number of carbonyl (C=O) groups excluding carboxylic acids is 1. The maximum atomic E-state index is 13.0. The Balaban J connectivity index is 1.94. The fourth-order valence-electron chi connectivity index (χ4n) is 10.5. The number of nitrogens with one attached hydrogen (secondary N) is 1. The zero-order chi connectivity index (χ0) is 52.9. The zero-order valence-corrected chi connectivity index (χ0v) is 48.2. The van der Waals surface area contributed by atoms with Gasteiger partial charge in [-0.3, -0.25) is 4.79 Å². The topological polar surface area (TPSA) is 149 Å². The van der Waals surface area contributed by atoms with Crippen molar-refractivity contribution in [3.05, 3.63) is 24.3 Å². The van der Waals surface area contributed by atoms with Gasteiger partial charge in [0, 0.05) is 6.42 Å². The Bertz CT molecular complexity index is 1200. The second-order valence-corrected chi connectivity index (χ2v) is 22.6. The first-order valence-corrected chi connectivity index (χ1v) is 32.1. The van der Waals surface area contributed by atoms with Gasteiger partial charge >= 0.3 is 0 Å². The van der Waals surface area contributed by atoms with E-state index in [-0.39, 0.29) is 12.5 Å². The number of aliphatic hydroxyl groups excluding tert-OH is 5. The van der Waals surface area contributed by atoms with Crippen LogP contribution in [0.5, 0.6) is 0 Å². The molecule has 0 aromatic heterocycles. The van der Waals surface area contributed by atoms with E-state index in [9.17, 15) is 30.3 Å². The molecule has 1 aliphatic rings. The van der Waals surface area contributed by atoms with Gasteiger partial charge in [-0.05, 0) is 32.1 Å². The number of ether oxygens (including phenoxy) is 2. The first-order valence-electron chi connectivity index (χ1n) is 32.1. The summed E-state index contributed by atoms with van der Waals surface area (Å²) < 4.78 is 11.2. The first kappa shape index (κ1) is 69.7. The fourth-order valence-corrected chi connectivity index (χ4v) is 10.5. The molecule has 6 N–H and O–H groups in total. The lowest BCUT2D eigenvalue weighted by Crippen LogP contribution is -2.60.